The molecule has 0 saturated heterocycles. The zero-order valence-corrected chi connectivity index (χ0v) is 34.5. The predicted octanol–water partition coefficient (Wildman–Crippen LogP) is 6.06. The number of allylic oxidation sites excluding steroid dienone is 4. The molecule has 1 saturated carbocycles. The first kappa shape index (κ1) is 43.5. The molecular weight excluding hydrogens is 732 g/mol. The van der Waals surface area contributed by atoms with Gasteiger partial charge in [0.1, 0.15) is 11.9 Å². The van der Waals surface area contributed by atoms with Crippen LogP contribution in [0.5, 0.6) is 5.75 Å². The first-order valence-electron chi connectivity index (χ1n) is 20.0. The van der Waals surface area contributed by atoms with Crippen molar-refractivity contribution in [1.82, 2.24) is 5.32 Å². The van der Waals surface area contributed by atoms with Crippen LogP contribution in [0.15, 0.2) is 47.9 Å². The van der Waals surface area contributed by atoms with Crippen molar-refractivity contribution in [3.8, 4) is 5.75 Å². The van der Waals surface area contributed by atoms with Gasteiger partial charge in [-0.3, -0.25) is 24.0 Å². The number of carbonyl (C=O) groups excluding carboxylic acids is 5. The number of aliphatic hydroxyl groups excluding tert-OH is 2. The fourth-order valence-corrected chi connectivity index (χ4v) is 8.45. The molecule has 3 heterocycles. The standard InChI is InChI=1S/C44H58N2O11/c1-22-15-14-16-23(2)43(53)46-30-21-31(48)33-34(39(30)51)36(45-29-17-12-10-11-13-18-29)25(4)41-35(33)42(52)44(8,57-41)55-20-19-32(54-9)24(3)40(56-28(7)47)27(6)38(50)26(5)37(22)49/h14-16,19-22,24,26-27,29,32,37-38,40,45,49-50H,10-13,17-18H2,1-9H3,(H,46,53)/b15-14+,20-19+,23-16-/t22-,24+,26+,27+,32-,37-,38+,40+,44-/m0/s1. The Morgan fingerprint density at radius 3 is 2.21 bits per heavy atom. The Morgan fingerprint density at radius 1 is 0.912 bits per heavy atom. The van der Waals surface area contributed by atoms with Crippen molar-refractivity contribution in [1.29, 1.82) is 0 Å². The van der Waals surface area contributed by atoms with Crippen molar-refractivity contribution >= 4 is 34.9 Å². The highest BCUT2D eigenvalue weighted by molar-refractivity contribution is 6.31. The van der Waals surface area contributed by atoms with Crippen LogP contribution in [0.25, 0.3) is 0 Å². The summed E-state index contributed by atoms with van der Waals surface area (Å²) in [5.41, 5.74) is 0.585. The highest BCUT2D eigenvalue weighted by atomic mass is 16.7. The average Bonchev–Trinajstić information content (AvgIpc) is 3.29. The van der Waals surface area contributed by atoms with Crippen LogP contribution in [-0.2, 0) is 23.8 Å². The SMILES string of the molecule is CO[C@H]1/C=C/O[C@@]2(C)Oc3c(C)c(NC4CCCCCC4)c4c(c3C2=O)C(=O)C=C(NC(=O)/C(C)=C\C=C\[C@H](C)[C@H](O)[C@@H](C)[C@@H](O)[C@@H](C)[C@H](OC(C)=O)[C@@H]1C)C4=O. The summed E-state index contributed by atoms with van der Waals surface area (Å²) in [6.45, 7) is 13.0. The number of hydrogen-bond acceptors (Lipinski definition) is 12. The topological polar surface area (TPSA) is 187 Å². The third kappa shape index (κ3) is 8.95. The number of fused-ring (bicyclic) bond motifs is 14. The van der Waals surface area contributed by atoms with Crippen LogP contribution in [0.1, 0.15) is 124 Å². The molecule has 13 nitrogen and oxygen atoms in total. The van der Waals surface area contributed by atoms with Gasteiger partial charge in [0.05, 0.1) is 52.6 Å². The molecule has 6 rings (SSSR count). The van der Waals surface area contributed by atoms with E-state index < -0.39 is 83.1 Å². The number of methoxy groups -OCH3 is 1. The van der Waals surface area contributed by atoms with E-state index in [0.717, 1.165) is 44.6 Å². The minimum Gasteiger partial charge on any atom is -0.462 e. The number of amides is 1. The number of nitrogens with one attached hydrogen (secondary N) is 2. The molecule has 0 aromatic heterocycles. The Labute approximate surface area is 334 Å². The highest BCUT2D eigenvalue weighted by Crippen LogP contribution is 2.48. The van der Waals surface area contributed by atoms with E-state index in [9.17, 15) is 34.2 Å². The number of ether oxygens (including phenoxy) is 4. The second-order valence-electron chi connectivity index (χ2n) is 16.2. The number of ketones is 3. The Bertz CT molecular complexity index is 1890. The number of esters is 1. The first-order valence-corrected chi connectivity index (χ1v) is 20.0. The number of benzene rings is 1. The lowest BCUT2D eigenvalue weighted by Gasteiger charge is -2.38. The number of anilines is 1. The maximum absolute atomic E-state index is 14.4. The molecule has 57 heavy (non-hydrogen) atoms. The third-order valence-electron chi connectivity index (χ3n) is 12.0. The van der Waals surface area contributed by atoms with E-state index >= 15 is 0 Å². The van der Waals surface area contributed by atoms with Crippen LogP contribution >= 0.6 is 0 Å². The summed E-state index contributed by atoms with van der Waals surface area (Å²) in [5, 5.41) is 28.9. The fraction of sp³-hybridized carbons (Fsp3) is 0.568. The Balaban J connectivity index is 1.63. The van der Waals surface area contributed by atoms with Gasteiger partial charge < -0.3 is 39.8 Å². The van der Waals surface area contributed by atoms with Crippen LogP contribution in [0.3, 0.4) is 0 Å². The zero-order valence-electron chi connectivity index (χ0n) is 34.5. The molecule has 2 aliphatic carbocycles. The summed E-state index contributed by atoms with van der Waals surface area (Å²) >= 11 is 0. The van der Waals surface area contributed by atoms with Crippen LogP contribution in [0.2, 0.25) is 0 Å². The van der Waals surface area contributed by atoms with Crippen LogP contribution < -0.4 is 15.4 Å². The van der Waals surface area contributed by atoms with E-state index in [2.05, 4.69) is 10.6 Å². The molecule has 1 aromatic rings. The van der Waals surface area contributed by atoms with E-state index in [0.29, 0.717) is 11.3 Å². The largest absolute Gasteiger partial charge is 0.462 e. The molecule has 0 radical (unpaired) electrons. The van der Waals surface area contributed by atoms with Crippen molar-refractivity contribution in [2.24, 2.45) is 23.7 Å². The Hall–Kier alpha value is -4.59. The van der Waals surface area contributed by atoms with E-state index in [1.165, 1.54) is 39.4 Å². The molecule has 0 spiro atoms. The summed E-state index contributed by atoms with van der Waals surface area (Å²) in [7, 11) is 1.46. The maximum Gasteiger partial charge on any atom is 0.312 e. The minimum absolute atomic E-state index is 0.00706. The van der Waals surface area contributed by atoms with Crippen LogP contribution in [-0.4, -0.2) is 82.8 Å². The third-order valence-corrected chi connectivity index (χ3v) is 12.0. The predicted molar refractivity (Wildman–Crippen MR) is 213 cm³/mol. The zero-order chi connectivity index (χ0) is 41.9. The number of carbonyl (C=O) groups is 5. The van der Waals surface area contributed by atoms with Gasteiger partial charge in [-0.25, -0.2) is 0 Å². The summed E-state index contributed by atoms with van der Waals surface area (Å²) in [5.74, 6) is -7.35. The number of Topliss-reactive ketones (excluding diaryl/α,β-unsaturated/α-hetero) is 2. The highest BCUT2D eigenvalue weighted by Gasteiger charge is 2.52. The molecule has 310 valence electrons. The molecule has 13 heteroatoms. The summed E-state index contributed by atoms with van der Waals surface area (Å²) in [6, 6.07) is -0.00706. The Kier molecular flexibility index (Phi) is 13.7. The van der Waals surface area contributed by atoms with Crippen LogP contribution in [0.4, 0.5) is 5.69 Å². The van der Waals surface area contributed by atoms with Gasteiger partial charge in [0.2, 0.25) is 5.78 Å². The monoisotopic (exact) mass is 790 g/mol. The first-order chi connectivity index (χ1) is 26.9. The van der Waals surface area contributed by atoms with Gasteiger partial charge in [-0.05, 0) is 32.8 Å². The van der Waals surface area contributed by atoms with Gasteiger partial charge in [0.25, 0.3) is 11.7 Å². The molecule has 0 unspecified atom stereocenters. The van der Waals surface area contributed by atoms with Crippen molar-refractivity contribution < 1.29 is 53.1 Å². The van der Waals surface area contributed by atoms with Crippen molar-refractivity contribution in [2.75, 3.05) is 12.4 Å². The molecular formula is C44H58N2O11. The second kappa shape index (κ2) is 17.9. The smallest absolute Gasteiger partial charge is 0.312 e. The summed E-state index contributed by atoms with van der Waals surface area (Å²) < 4.78 is 23.9. The molecule has 9 atom stereocenters. The normalized spacial score (nSPS) is 33.8. The molecule has 1 aromatic carbocycles. The molecule has 5 aliphatic rings. The van der Waals surface area contributed by atoms with Crippen LogP contribution in [0, 0.1) is 30.6 Å². The van der Waals surface area contributed by atoms with Crippen molar-refractivity contribution in [3.63, 3.8) is 0 Å². The van der Waals surface area contributed by atoms with E-state index in [1.54, 1.807) is 53.7 Å². The lowest BCUT2D eigenvalue weighted by molar-refractivity contribution is -0.160. The lowest BCUT2D eigenvalue weighted by Crippen LogP contribution is -2.46. The van der Waals surface area contributed by atoms with E-state index in [-0.39, 0.29) is 39.8 Å². The van der Waals surface area contributed by atoms with Crippen molar-refractivity contribution in [3.05, 3.63) is 70.2 Å². The van der Waals surface area contributed by atoms with Crippen molar-refractivity contribution in [2.45, 2.75) is 130 Å². The van der Waals surface area contributed by atoms with E-state index in [1.807, 2.05) is 0 Å². The second-order valence-corrected chi connectivity index (χ2v) is 16.2. The van der Waals surface area contributed by atoms with Gasteiger partial charge in [0, 0.05) is 67.9 Å². The molecule has 3 aliphatic heterocycles. The van der Waals surface area contributed by atoms with Gasteiger partial charge in [-0.2, -0.15) is 0 Å². The van der Waals surface area contributed by atoms with Gasteiger partial charge in [-0.1, -0.05) is 71.6 Å². The van der Waals surface area contributed by atoms with Gasteiger partial charge >= 0.3 is 11.8 Å². The van der Waals surface area contributed by atoms with Gasteiger partial charge in [0.15, 0.2) is 5.78 Å². The molecule has 4 N–H and O–H groups in total. The lowest BCUT2D eigenvalue weighted by atomic mass is 9.78. The number of rotatable bonds is 4. The summed E-state index contributed by atoms with van der Waals surface area (Å²) in [6.07, 6.45) is 10.7. The fourth-order valence-electron chi connectivity index (χ4n) is 8.45. The van der Waals surface area contributed by atoms with Gasteiger partial charge in [-0.15, -0.1) is 0 Å². The quantitative estimate of drug-likeness (QED) is 0.204. The minimum atomic E-state index is -1.95. The number of aliphatic hydroxyl groups is 2. The average molecular weight is 791 g/mol. The molecule has 1 fully saturated rings. The summed E-state index contributed by atoms with van der Waals surface area (Å²) in [4.78, 5) is 68.7. The Morgan fingerprint density at radius 2 is 1.58 bits per heavy atom. The number of hydrogen-bond donors (Lipinski definition) is 4. The maximum atomic E-state index is 14.4. The van der Waals surface area contributed by atoms with E-state index in [4.69, 9.17) is 18.9 Å². The molecule has 1 amide bonds. The molecule has 5 bridgehead atoms.